The minimum atomic E-state index is -0.635. The number of ether oxygens (including phenoxy) is 1. The number of Topliss-reactive ketones (excluding diaryl/α,β-unsaturated/α-hetero) is 1. The van der Waals surface area contributed by atoms with Crippen molar-refractivity contribution in [3.05, 3.63) is 81.8 Å². The number of hydrogen-bond donors (Lipinski definition) is 1. The Kier molecular flexibility index (Phi) is 6.01. The van der Waals surface area contributed by atoms with Crippen molar-refractivity contribution in [1.82, 2.24) is 9.36 Å². The van der Waals surface area contributed by atoms with Gasteiger partial charge in [0, 0.05) is 7.05 Å². The fraction of sp³-hybridized carbons (Fsp3) is 0.174. The second kappa shape index (κ2) is 8.65. The summed E-state index contributed by atoms with van der Waals surface area (Å²) in [4.78, 5) is 38.0. The van der Waals surface area contributed by atoms with Crippen LogP contribution in [0.3, 0.4) is 0 Å². The second-order valence-electron chi connectivity index (χ2n) is 6.78. The Labute approximate surface area is 174 Å². The number of aromatic nitrogens is 2. The molecule has 154 valence electrons. The number of methoxy groups -OCH3 is 1. The Morgan fingerprint density at radius 2 is 1.67 bits per heavy atom. The normalized spacial score (nSPS) is 11.3. The maximum atomic E-state index is 13.0. The van der Waals surface area contributed by atoms with Gasteiger partial charge in [0.1, 0.15) is 11.4 Å². The van der Waals surface area contributed by atoms with Crippen LogP contribution in [0.4, 0.5) is 5.69 Å². The van der Waals surface area contributed by atoms with Gasteiger partial charge in [0.15, 0.2) is 5.78 Å². The first-order chi connectivity index (χ1) is 14.3. The first kappa shape index (κ1) is 20.9. The maximum absolute atomic E-state index is 13.0. The Hall–Kier alpha value is -3.87. The van der Waals surface area contributed by atoms with Gasteiger partial charge in [-0.15, -0.1) is 0 Å². The van der Waals surface area contributed by atoms with Crippen LogP contribution in [0.2, 0.25) is 0 Å². The van der Waals surface area contributed by atoms with Crippen LogP contribution in [-0.2, 0) is 16.6 Å². The zero-order valence-electron chi connectivity index (χ0n) is 17.3. The fourth-order valence-corrected chi connectivity index (χ4v) is 3.09. The summed E-state index contributed by atoms with van der Waals surface area (Å²) in [5.74, 6) is -0.369. The molecular formula is C23H23N3O4. The molecule has 0 bridgehead atoms. The lowest BCUT2D eigenvalue weighted by atomic mass is 10.1. The average molecular weight is 405 g/mol. The van der Waals surface area contributed by atoms with Crippen LogP contribution in [0.1, 0.15) is 18.2 Å². The van der Waals surface area contributed by atoms with Crippen molar-refractivity contribution in [3.63, 3.8) is 0 Å². The van der Waals surface area contributed by atoms with Gasteiger partial charge in [0.05, 0.1) is 24.1 Å². The van der Waals surface area contributed by atoms with E-state index in [1.165, 1.54) is 17.7 Å². The van der Waals surface area contributed by atoms with Crippen LogP contribution >= 0.6 is 0 Å². The van der Waals surface area contributed by atoms with Gasteiger partial charge in [-0.1, -0.05) is 30.3 Å². The molecule has 1 amide bonds. The summed E-state index contributed by atoms with van der Waals surface area (Å²) in [5, 5.41) is 2.63. The van der Waals surface area contributed by atoms with Crippen LogP contribution in [0.25, 0.3) is 11.8 Å². The molecule has 0 fully saturated rings. The smallest absolute Gasteiger partial charge is 0.295 e. The van der Waals surface area contributed by atoms with Crippen LogP contribution in [0.15, 0.2) is 65.0 Å². The lowest BCUT2D eigenvalue weighted by molar-refractivity contribution is -0.118. The minimum absolute atomic E-state index is 0.0471. The fourth-order valence-electron chi connectivity index (χ4n) is 3.09. The molecule has 2 aromatic carbocycles. The number of hydrogen-bond acceptors (Lipinski definition) is 4. The third-order valence-corrected chi connectivity index (χ3v) is 4.84. The summed E-state index contributed by atoms with van der Waals surface area (Å²) in [7, 11) is 3.29. The van der Waals surface area contributed by atoms with E-state index in [-0.39, 0.29) is 16.8 Å². The molecule has 3 aromatic rings. The van der Waals surface area contributed by atoms with Crippen molar-refractivity contribution in [2.75, 3.05) is 12.4 Å². The van der Waals surface area contributed by atoms with Gasteiger partial charge in [-0.25, -0.2) is 4.68 Å². The number of benzene rings is 2. The summed E-state index contributed by atoms with van der Waals surface area (Å²) in [6, 6.07) is 16.1. The summed E-state index contributed by atoms with van der Waals surface area (Å²) in [6.45, 7) is 3.05. The number of nitrogens with one attached hydrogen (secondary N) is 1. The highest BCUT2D eigenvalue weighted by atomic mass is 16.5. The maximum Gasteiger partial charge on any atom is 0.295 e. The number of rotatable bonds is 6. The van der Waals surface area contributed by atoms with Gasteiger partial charge < -0.3 is 10.1 Å². The first-order valence-corrected chi connectivity index (χ1v) is 9.35. The quantitative estimate of drug-likeness (QED) is 0.388. The molecule has 30 heavy (non-hydrogen) atoms. The second-order valence-corrected chi connectivity index (χ2v) is 6.78. The van der Waals surface area contributed by atoms with Crippen molar-refractivity contribution < 1.29 is 14.3 Å². The van der Waals surface area contributed by atoms with Crippen LogP contribution < -0.4 is 15.6 Å². The van der Waals surface area contributed by atoms with Crippen LogP contribution in [0, 0.1) is 6.92 Å². The molecule has 1 N–H and O–H groups in total. The Bertz CT molecular complexity index is 1170. The van der Waals surface area contributed by atoms with Crippen LogP contribution in [-0.4, -0.2) is 28.2 Å². The highest BCUT2D eigenvalue weighted by molar-refractivity contribution is 6.25. The highest BCUT2D eigenvalue weighted by Gasteiger charge is 2.21. The van der Waals surface area contributed by atoms with Gasteiger partial charge in [0.25, 0.3) is 11.5 Å². The van der Waals surface area contributed by atoms with E-state index in [0.29, 0.717) is 22.7 Å². The molecule has 0 spiro atoms. The largest absolute Gasteiger partial charge is 0.497 e. The number of carbonyl (C=O) groups is 2. The Balaban J connectivity index is 1.96. The lowest BCUT2D eigenvalue weighted by Crippen LogP contribution is -2.25. The molecule has 0 saturated heterocycles. The molecule has 0 unspecified atom stereocenters. The SMILES string of the molecule is COc1ccc(C=C(C(C)=O)C(=O)Nc2c(C)n(C)n(-c3ccccc3)c2=O)cc1. The zero-order valence-corrected chi connectivity index (χ0v) is 17.3. The molecule has 1 aromatic heterocycles. The van der Waals surface area contributed by atoms with E-state index in [0.717, 1.165) is 0 Å². The van der Waals surface area contributed by atoms with Gasteiger partial charge in [-0.2, -0.15) is 0 Å². The molecule has 3 rings (SSSR count). The van der Waals surface area contributed by atoms with E-state index < -0.39 is 11.7 Å². The number of amides is 1. The summed E-state index contributed by atoms with van der Waals surface area (Å²) >= 11 is 0. The number of anilines is 1. The molecule has 0 radical (unpaired) electrons. The molecule has 7 nitrogen and oxygen atoms in total. The average Bonchev–Trinajstić information content (AvgIpc) is 2.95. The molecule has 0 saturated carbocycles. The van der Waals surface area contributed by atoms with Crippen molar-refractivity contribution in [1.29, 1.82) is 0 Å². The van der Waals surface area contributed by atoms with E-state index >= 15 is 0 Å². The summed E-state index contributed by atoms with van der Waals surface area (Å²) in [5.41, 5.74) is 1.63. The van der Waals surface area contributed by atoms with Crippen molar-refractivity contribution in [2.45, 2.75) is 13.8 Å². The predicted molar refractivity (Wildman–Crippen MR) is 116 cm³/mol. The third-order valence-electron chi connectivity index (χ3n) is 4.84. The summed E-state index contributed by atoms with van der Waals surface area (Å²) in [6.07, 6.45) is 1.49. The van der Waals surface area contributed by atoms with Crippen LogP contribution in [0.5, 0.6) is 5.75 Å². The molecule has 0 aliphatic heterocycles. The number of carbonyl (C=O) groups excluding carboxylic acids is 2. The Morgan fingerprint density at radius 1 is 1.03 bits per heavy atom. The van der Waals surface area contributed by atoms with E-state index in [4.69, 9.17) is 4.74 Å². The molecule has 0 atom stereocenters. The van der Waals surface area contributed by atoms with Gasteiger partial charge in [-0.3, -0.25) is 19.1 Å². The number of ketones is 1. The van der Waals surface area contributed by atoms with Crippen molar-refractivity contribution in [3.8, 4) is 11.4 Å². The monoisotopic (exact) mass is 405 g/mol. The van der Waals surface area contributed by atoms with Gasteiger partial charge >= 0.3 is 0 Å². The van der Waals surface area contributed by atoms with E-state index in [2.05, 4.69) is 5.32 Å². The highest BCUT2D eigenvalue weighted by Crippen LogP contribution is 2.17. The topological polar surface area (TPSA) is 82.3 Å². The summed E-state index contributed by atoms with van der Waals surface area (Å²) < 4.78 is 8.24. The van der Waals surface area contributed by atoms with Crippen molar-refractivity contribution in [2.24, 2.45) is 7.05 Å². The zero-order chi connectivity index (χ0) is 21.8. The first-order valence-electron chi connectivity index (χ1n) is 9.35. The Morgan fingerprint density at radius 3 is 2.23 bits per heavy atom. The molecule has 0 aliphatic rings. The molecule has 7 heteroatoms. The lowest BCUT2D eigenvalue weighted by Gasteiger charge is -2.07. The molecule has 0 aliphatic carbocycles. The van der Waals surface area contributed by atoms with Gasteiger partial charge in [-0.05, 0) is 49.8 Å². The van der Waals surface area contributed by atoms with Gasteiger partial charge in [0.2, 0.25) is 0 Å². The molecule has 1 heterocycles. The minimum Gasteiger partial charge on any atom is -0.497 e. The number of para-hydroxylation sites is 1. The van der Waals surface area contributed by atoms with E-state index in [1.54, 1.807) is 62.2 Å². The predicted octanol–water partition coefficient (Wildman–Crippen LogP) is 3.10. The van der Waals surface area contributed by atoms with E-state index in [9.17, 15) is 14.4 Å². The molecular weight excluding hydrogens is 382 g/mol. The third kappa shape index (κ3) is 4.10. The number of nitrogens with zero attached hydrogens (tertiary/aromatic N) is 2. The van der Waals surface area contributed by atoms with Crippen molar-refractivity contribution >= 4 is 23.5 Å². The van der Waals surface area contributed by atoms with E-state index in [1.807, 2.05) is 18.2 Å². The standard InChI is InChI=1S/C23H23N3O4/c1-15-21(23(29)26(25(15)3)18-8-6-5-7-9-18)24-22(28)20(16(2)27)14-17-10-12-19(30-4)13-11-17/h5-14H,1-4H3,(H,24,28).